The highest BCUT2D eigenvalue weighted by atomic mass is 79.9. The lowest BCUT2D eigenvalue weighted by Crippen LogP contribution is -2.25. The molecule has 108 valence electrons. The van der Waals surface area contributed by atoms with E-state index in [1.807, 2.05) is 16.8 Å². The third-order valence-electron chi connectivity index (χ3n) is 3.09. The van der Waals surface area contributed by atoms with Gasteiger partial charge in [-0.05, 0) is 54.4 Å². The number of nitrogens with one attached hydrogen (secondary N) is 1. The van der Waals surface area contributed by atoms with Gasteiger partial charge in [0.2, 0.25) is 0 Å². The third-order valence-corrected chi connectivity index (χ3v) is 4.76. The Bertz CT molecular complexity index is 601. The monoisotopic (exact) mass is 354 g/mol. The molecule has 3 nitrogen and oxygen atoms in total. The van der Waals surface area contributed by atoms with Gasteiger partial charge < -0.3 is 9.88 Å². The van der Waals surface area contributed by atoms with Gasteiger partial charge in [0.15, 0.2) is 0 Å². The second kappa shape index (κ2) is 6.59. The van der Waals surface area contributed by atoms with E-state index >= 15 is 0 Å². The second-order valence-electron chi connectivity index (χ2n) is 4.95. The average molecular weight is 355 g/mol. The van der Waals surface area contributed by atoms with Crippen LogP contribution in [0.25, 0.3) is 0 Å². The Hall–Kier alpha value is -1.07. The van der Waals surface area contributed by atoms with Gasteiger partial charge in [-0.1, -0.05) is 6.92 Å². The molecule has 0 spiro atoms. The maximum absolute atomic E-state index is 12.3. The fraction of sp³-hybridized carbons (Fsp3) is 0.400. The molecule has 2 rings (SSSR count). The highest BCUT2D eigenvalue weighted by Gasteiger charge is 2.14. The van der Waals surface area contributed by atoms with E-state index < -0.39 is 0 Å². The van der Waals surface area contributed by atoms with E-state index in [1.54, 1.807) is 11.3 Å². The van der Waals surface area contributed by atoms with E-state index in [1.165, 1.54) is 9.75 Å². The average Bonchev–Trinajstić information content (AvgIpc) is 3.02. The molecule has 0 bridgehead atoms. The Kier molecular flexibility index (Phi) is 5.05. The summed E-state index contributed by atoms with van der Waals surface area (Å²) in [4.78, 5) is 14.8. The van der Waals surface area contributed by atoms with E-state index in [4.69, 9.17) is 0 Å². The first kappa shape index (κ1) is 15.3. The molecule has 0 fully saturated rings. The minimum Gasteiger partial charge on any atom is -0.346 e. The van der Waals surface area contributed by atoms with Crippen LogP contribution in [-0.4, -0.2) is 10.5 Å². The summed E-state index contributed by atoms with van der Waals surface area (Å²) >= 11 is 5.18. The van der Waals surface area contributed by atoms with Crippen molar-refractivity contribution in [2.24, 2.45) is 0 Å². The lowest BCUT2D eigenvalue weighted by molar-refractivity contribution is 0.0940. The maximum Gasteiger partial charge on any atom is 0.268 e. The number of hydrogen-bond acceptors (Lipinski definition) is 2. The summed E-state index contributed by atoms with van der Waals surface area (Å²) in [5.41, 5.74) is 0.694. The molecule has 2 heterocycles. The number of thiophene rings is 1. The van der Waals surface area contributed by atoms with Crippen LogP contribution in [0.3, 0.4) is 0 Å². The molecular formula is C15H19BrN2OS. The van der Waals surface area contributed by atoms with Crippen molar-refractivity contribution in [1.29, 1.82) is 0 Å². The normalized spacial score (nSPS) is 11.1. The maximum atomic E-state index is 12.3. The van der Waals surface area contributed by atoms with Gasteiger partial charge in [0.1, 0.15) is 5.69 Å². The molecule has 0 aliphatic carbocycles. The smallest absolute Gasteiger partial charge is 0.268 e. The number of carbonyl (C=O) groups excluding carboxylic acids is 1. The first-order valence-corrected chi connectivity index (χ1v) is 8.35. The van der Waals surface area contributed by atoms with Crippen molar-refractivity contribution in [1.82, 2.24) is 9.88 Å². The molecule has 2 aromatic rings. The van der Waals surface area contributed by atoms with Crippen molar-refractivity contribution >= 4 is 33.2 Å². The van der Waals surface area contributed by atoms with Gasteiger partial charge in [-0.15, -0.1) is 11.3 Å². The fourth-order valence-corrected chi connectivity index (χ4v) is 3.36. The van der Waals surface area contributed by atoms with Crippen LogP contribution in [0.1, 0.15) is 47.1 Å². The van der Waals surface area contributed by atoms with E-state index in [2.05, 4.69) is 54.2 Å². The molecule has 2 aromatic heterocycles. The van der Waals surface area contributed by atoms with Crippen molar-refractivity contribution < 1.29 is 4.79 Å². The summed E-state index contributed by atoms with van der Waals surface area (Å²) in [6.45, 7) is 6.86. The molecule has 0 saturated heterocycles. The van der Waals surface area contributed by atoms with Crippen LogP contribution < -0.4 is 5.32 Å². The number of aryl methyl sites for hydroxylation is 1. The second-order valence-corrected chi connectivity index (χ2v) is 7.12. The molecule has 1 N–H and O–H groups in total. The zero-order valence-electron chi connectivity index (χ0n) is 11.9. The fourth-order valence-electron chi connectivity index (χ4n) is 2.02. The summed E-state index contributed by atoms with van der Waals surface area (Å²) in [6.07, 6.45) is 2.99. The molecule has 0 saturated carbocycles. The van der Waals surface area contributed by atoms with Gasteiger partial charge in [0.05, 0.1) is 6.54 Å². The Labute approximate surface area is 132 Å². The van der Waals surface area contributed by atoms with E-state index in [-0.39, 0.29) is 11.9 Å². The van der Waals surface area contributed by atoms with Crippen molar-refractivity contribution in [3.05, 3.63) is 44.3 Å². The number of aromatic nitrogens is 1. The Balaban J connectivity index is 2.05. The summed E-state index contributed by atoms with van der Waals surface area (Å²) in [6, 6.07) is 6.33. The molecule has 0 aromatic carbocycles. The molecule has 5 heteroatoms. The number of halogens is 1. The first-order chi connectivity index (χ1) is 9.51. The topological polar surface area (TPSA) is 34.0 Å². The number of rotatable bonds is 5. The zero-order chi connectivity index (χ0) is 14.7. The van der Waals surface area contributed by atoms with E-state index in [0.29, 0.717) is 12.2 Å². The van der Waals surface area contributed by atoms with Gasteiger partial charge >= 0.3 is 0 Å². The highest BCUT2D eigenvalue weighted by molar-refractivity contribution is 9.10. The van der Waals surface area contributed by atoms with Gasteiger partial charge in [0.25, 0.3) is 5.91 Å². The highest BCUT2D eigenvalue weighted by Crippen LogP contribution is 2.20. The molecular weight excluding hydrogens is 336 g/mol. The predicted molar refractivity (Wildman–Crippen MR) is 87.4 cm³/mol. The number of nitrogens with zero attached hydrogens (tertiary/aromatic N) is 1. The Morgan fingerprint density at radius 3 is 2.70 bits per heavy atom. The van der Waals surface area contributed by atoms with Crippen LogP contribution in [0.4, 0.5) is 0 Å². The number of hydrogen-bond donors (Lipinski definition) is 1. The summed E-state index contributed by atoms with van der Waals surface area (Å²) < 4.78 is 2.91. The lowest BCUT2D eigenvalue weighted by atomic mass is 10.3. The lowest BCUT2D eigenvalue weighted by Gasteiger charge is -2.12. The molecule has 0 unspecified atom stereocenters. The van der Waals surface area contributed by atoms with Crippen molar-refractivity contribution in [2.45, 2.75) is 39.8 Å². The Morgan fingerprint density at radius 1 is 1.40 bits per heavy atom. The SMILES string of the molecule is CCc1ccc(CNC(=O)c2cc(Br)cn2C(C)C)s1. The minimum atomic E-state index is -0.0316. The molecule has 0 atom stereocenters. The predicted octanol–water partition coefficient (Wildman–Crippen LogP) is 4.39. The van der Waals surface area contributed by atoms with Crippen molar-refractivity contribution in [3.8, 4) is 0 Å². The van der Waals surface area contributed by atoms with E-state index in [0.717, 1.165) is 10.9 Å². The molecule has 0 radical (unpaired) electrons. The number of carbonyl (C=O) groups is 1. The van der Waals surface area contributed by atoms with Crippen LogP contribution in [0.5, 0.6) is 0 Å². The summed E-state index contributed by atoms with van der Waals surface area (Å²) in [5, 5.41) is 2.99. The van der Waals surface area contributed by atoms with Gasteiger partial charge in [-0.3, -0.25) is 4.79 Å². The molecule has 0 aliphatic rings. The van der Waals surface area contributed by atoms with Gasteiger partial charge in [0, 0.05) is 26.5 Å². The van der Waals surface area contributed by atoms with Crippen molar-refractivity contribution in [3.63, 3.8) is 0 Å². The van der Waals surface area contributed by atoms with Crippen LogP contribution in [0.15, 0.2) is 28.9 Å². The van der Waals surface area contributed by atoms with E-state index in [9.17, 15) is 4.79 Å². The molecule has 1 amide bonds. The molecule has 20 heavy (non-hydrogen) atoms. The van der Waals surface area contributed by atoms with Crippen molar-refractivity contribution in [2.75, 3.05) is 0 Å². The molecule has 0 aliphatic heterocycles. The van der Waals surface area contributed by atoms with Crippen LogP contribution in [-0.2, 0) is 13.0 Å². The third kappa shape index (κ3) is 3.52. The van der Waals surface area contributed by atoms with Crippen LogP contribution in [0, 0.1) is 0 Å². The van der Waals surface area contributed by atoms with Crippen LogP contribution >= 0.6 is 27.3 Å². The Morgan fingerprint density at radius 2 is 2.10 bits per heavy atom. The first-order valence-electron chi connectivity index (χ1n) is 6.74. The van der Waals surface area contributed by atoms with Crippen LogP contribution in [0.2, 0.25) is 0 Å². The standard InChI is InChI=1S/C15H19BrN2OS/c1-4-12-5-6-13(20-12)8-17-15(19)14-7-11(16)9-18(14)10(2)3/h5-7,9-10H,4,8H2,1-3H3,(H,17,19). The largest absolute Gasteiger partial charge is 0.346 e. The van der Waals surface area contributed by atoms with Gasteiger partial charge in [-0.2, -0.15) is 0 Å². The zero-order valence-corrected chi connectivity index (χ0v) is 14.3. The minimum absolute atomic E-state index is 0.0316. The summed E-state index contributed by atoms with van der Waals surface area (Å²) in [7, 11) is 0. The number of amides is 1. The quantitative estimate of drug-likeness (QED) is 0.848. The summed E-state index contributed by atoms with van der Waals surface area (Å²) in [5.74, 6) is -0.0316. The van der Waals surface area contributed by atoms with Gasteiger partial charge in [-0.25, -0.2) is 0 Å².